The first kappa shape index (κ1) is 17.7. The average Bonchev–Trinajstić information content (AvgIpc) is 3.47. The van der Waals surface area contributed by atoms with E-state index in [9.17, 15) is 9.59 Å². The van der Waals surface area contributed by atoms with Gasteiger partial charge in [-0.2, -0.15) is 5.10 Å². The van der Waals surface area contributed by atoms with E-state index in [1.165, 1.54) is 7.11 Å². The van der Waals surface area contributed by atoms with Crippen molar-refractivity contribution in [2.24, 2.45) is 0 Å². The normalized spacial score (nSPS) is 10.6. The van der Waals surface area contributed by atoms with Gasteiger partial charge in [-0.15, -0.1) is 11.3 Å². The maximum atomic E-state index is 12.9. The Morgan fingerprint density at radius 1 is 1.11 bits per heavy atom. The lowest BCUT2D eigenvalue weighted by Crippen LogP contribution is -2.16. The van der Waals surface area contributed by atoms with Gasteiger partial charge in [0.1, 0.15) is 16.3 Å². The molecule has 7 nitrogen and oxygen atoms in total. The molecule has 0 bridgehead atoms. The lowest BCUT2D eigenvalue weighted by molar-refractivity contribution is 0.0606. The minimum Gasteiger partial charge on any atom is -0.465 e. The summed E-state index contributed by atoms with van der Waals surface area (Å²) < 4.78 is 11.7. The van der Waals surface area contributed by atoms with Crippen molar-refractivity contribution in [3.63, 3.8) is 0 Å². The number of esters is 1. The second-order valence-corrected chi connectivity index (χ2v) is 6.83. The van der Waals surface area contributed by atoms with Crippen molar-refractivity contribution in [3.8, 4) is 17.1 Å². The first-order chi connectivity index (χ1) is 13.7. The molecule has 140 valence electrons. The third-order valence-electron chi connectivity index (χ3n) is 3.95. The number of rotatable bonds is 5. The summed E-state index contributed by atoms with van der Waals surface area (Å²) in [7, 11) is 1.31. The standard InChI is InChI=1S/C20H15N3O4S/c1-26-20(25)17-9-10-18(28-17)21-19(24)15-12-14(16-8-5-11-27-16)22-23(15)13-6-3-2-4-7-13/h2-12H,1H3,(H,21,24). The molecular weight excluding hydrogens is 378 g/mol. The molecule has 1 amide bonds. The lowest BCUT2D eigenvalue weighted by atomic mass is 10.2. The summed E-state index contributed by atoms with van der Waals surface area (Å²) in [5.74, 6) is -0.236. The number of carbonyl (C=O) groups is 2. The number of aromatic nitrogens is 2. The van der Waals surface area contributed by atoms with E-state index in [-0.39, 0.29) is 5.91 Å². The molecule has 0 fully saturated rings. The van der Waals surface area contributed by atoms with Gasteiger partial charge in [0.2, 0.25) is 0 Å². The number of benzene rings is 1. The lowest BCUT2D eigenvalue weighted by Gasteiger charge is -2.07. The van der Waals surface area contributed by atoms with Crippen molar-refractivity contribution in [1.82, 2.24) is 9.78 Å². The third kappa shape index (κ3) is 3.45. The third-order valence-corrected chi connectivity index (χ3v) is 4.93. The van der Waals surface area contributed by atoms with E-state index in [4.69, 9.17) is 9.15 Å². The van der Waals surface area contributed by atoms with Gasteiger partial charge in [0.25, 0.3) is 5.91 Å². The Hall–Kier alpha value is -3.65. The Kier molecular flexibility index (Phi) is 4.77. The predicted molar refractivity (Wildman–Crippen MR) is 105 cm³/mol. The summed E-state index contributed by atoms with van der Waals surface area (Å²) >= 11 is 1.14. The van der Waals surface area contributed by atoms with Crippen LogP contribution in [0, 0.1) is 0 Å². The largest absolute Gasteiger partial charge is 0.465 e. The van der Waals surface area contributed by atoms with Crippen molar-refractivity contribution in [2.75, 3.05) is 12.4 Å². The van der Waals surface area contributed by atoms with Gasteiger partial charge in [-0.05, 0) is 36.4 Å². The Morgan fingerprint density at radius 2 is 1.93 bits per heavy atom. The highest BCUT2D eigenvalue weighted by atomic mass is 32.1. The molecule has 0 aliphatic rings. The molecular formula is C20H15N3O4S. The molecule has 8 heteroatoms. The van der Waals surface area contributed by atoms with Gasteiger partial charge >= 0.3 is 5.97 Å². The van der Waals surface area contributed by atoms with Crippen LogP contribution in [0.3, 0.4) is 0 Å². The maximum Gasteiger partial charge on any atom is 0.348 e. The minimum atomic E-state index is -0.445. The fourth-order valence-corrected chi connectivity index (χ4v) is 3.46. The van der Waals surface area contributed by atoms with E-state index in [0.29, 0.717) is 27.0 Å². The molecule has 0 atom stereocenters. The van der Waals surface area contributed by atoms with E-state index in [0.717, 1.165) is 17.0 Å². The summed E-state index contributed by atoms with van der Waals surface area (Å²) in [6, 6.07) is 17.8. The van der Waals surface area contributed by atoms with Gasteiger partial charge in [0.05, 0.1) is 24.1 Å². The van der Waals surface area contributed by atoms with Crippen molar-refractivity contribution in [2.45, 2.75) is 0 Å². The molecule has 0 saturated heterocycles. The van der Waals surface area contributed by atoms with Gasteiger partial charge in [-0.1, -0.05) is 18.2 Å². The predicted octanol–water partition coefficient (Wildman–Crippen LogP) is 4.23. The number of nitrogens with zero attached hydrogens (tertiary/aromatic N) is 2. The zero-order valence-corrected chi connectivity index (χ0v) is 15.6. The van der Waals surface area contributed by atoms with Gasteiger partial charge in [-0.25, -0.2) is 9.48 Å². The van der Waals surface area contributed by atoms with E-state index >= 15 is 0 Å². The fourth-order valence-electron chi connectivity index (χ4n) is 2.64. The van der Waals surface area contributed by atoms with Crippen molar-refractivity contribution in [1.29, 1.82) is 0 Å². The number of hydrogen-bond acceptors (Lipinski definition) is 6. The van der Waals surface area contributed by atoms with Crippen LogP contribution in [0.2, 0.25) is 0 Å². The molecule has 0 saturated carbocycles. The smallest absolute Gasteiger partial charge is 0.348 e. The van der Waals surface area contributed by atoms with Crippen LogP contribution in [0.15, 0.2) is 71.3 Å². The molecule has 0 aliphatic carbocycles. The number of amides is 1. The highest BCUT2D eigenvalue weighted by molar-refractivity contribution is 7.18. The van der Waals surface area contributed by atoms with E-state index in [2.05, 4.69) is 10.4 Å². The van der Waals surface area contributed by atoms with Gasteiger partial charge in [0, 0.05) is 6.07 Å². The zero-order chi connectivity index (χ0) is 19.5. The van der Waals surface area contributed by atoms with Crippen molar-refractivity contribution >= 4 is 28.2 Å². The van der Waals surface area contributed by atoms with Crippen LogP contribution in [0.1, 0.15) is 20.2 Å². The Balaban J connectivity index is 1.68. The summed E-state index contributed by atoms with van der Waals surface area (Å²) in [5.41, 5.74) is 1.62. The van der Waals surface area contributed by atoms with Crippen LogP contribution in [-0.4, -0.2) is 28.8 Å². The molecule has 4 aromatic rings. The summed E-state index contributed by atoms with van der Waals surface area (Å²) in [6.45, 7) is 0. The molecule has 0 unspecified atom stereocenters. The molecule has 3 heterocycles. The number of thiophene rings is 1. The minimum absolute atomic E-state index is 0.339. The average molecular weight is 393 g/mol. The van der Waals surface area contributed by atoms with E-state index in [1.807, 2.05) is 30.3 Å². The van der Waals surface area contributed by atoms with Crippen molar-refractivity contribution in [3.05, 3.63) is 77.5 Å². The topological polar surface area (TPSA) is 86.4 Å². The molecule has 0 aliphatic heterocycles. The number of para-hydroxylation sites is 1. The number of methoxy groups -OCH3 is 1. The Morgan fingerprint density at radius 3 is 2.64 bits per heavy atom. The monoisotopic (exact) mass is 393 g/mol. The Labute approximate surface area is 164 Å². The van der Waals surface area contributed by atoms with Gasteiger partial charge in [0.15, 0.2) is 5.76 Å². The van der Waals surface area contributed by atoms with Gasteiger partial charge < -0.3 is 14.5 Å². The van der Waals surface area contributed by atoms with Crippen LogP contribution in [0.25, 0.3) is 17.1 Å². The number of anilines is 1. The number of furan rings is 1. The van der Waals surface area contributed by atoms with Gasteiger partial charge in [-0.3, -0.25) is 4.79 Å². The second kappa shape index (κ2) is 7.53. The zero-order valence-electron chi connectivity index (χ0n) is 14.8. The SMILES string of the molecule is COC(=O)c1ccc(NC(=O)c2cc(-c3ccco3)nn2-c2ccccc2)s1. The number of ether oxygens (including phenoxy) is 1. The van der Waals surface area contributed by atoms with E-state index in [1.54, 1.807) is 41.3 Å². The second-order valence-electron chi connectivity index (χ2n) is 5.75. The molecule has 4 rings (SSSR count). The summed E-state index contributed by atoms with van der Waals surface area (Å²) in [5, 5.41) is 7.86. The first-order valence-corrected chi connectivity index (χ1v) is 9.16. The molecule has 1 N–H and O–H groups in total. The highest BCUT2D eigenvalue weighted by Gasteiger charge is 2.20. The van der Waals surface area contributed by atoms with Crippen LogP contribution in [0.5, 0.6) is 0 Å². The molecule has 28 heavy (non-hydrogen) atoms. The molecule has 0 radical (unpaired) electrons. The van der Waals surface area contributed by atoms with E-state index < -0.39 is 5.97 Å². The van der Waals surface area contributed by atoms with Crippen LogP contribution < -0.4 is 5.32 Å². The number of carbonyl (C=O) groups excluding carboxylic acids is 2. The highest BCUT2D eigenvalue weighted by Crippen LogP contribution is 2.26. The molecule has 0 spiro atoms. The Bertz CT molecular complexity index is 1110. The summed E-state index contributed by atoms with van der Waals surface area (Å²) in [4.78, 5) is 24.9. The maximum absolute atomic E-state index is 12.9. The van der Waals surface area contributed by atoms with Crippen LogP contribution in [-0.2, 0) is 4.74 Å². The first-order valence-electron chi connectivity index (χ1n) is 8.34. The quantitative estimate of drug-likeness (QED) is 0.513. The van der Waals surface area contributed by atoms with Crippen LogP contribution in [0.4, 0.5) is 5.00 Å². The summed E-state index contributed by atoms with van der Waals surface area (Å²) in [6.07, 6.45) is 1.55. The number of hydrogen-bond donors (Lipinski definition) is 1. The molecule has 1 aromatic carbocycles. The fraction of sp³-hybridized carbons (Fsp3) is 0.0500. The molecule has 3 aromatic heterocycles. The number of nitrogens with one attached hydrogen (secondary N) is 1. The van der Waals surface area contributed by atoms with Crippen molar-refractivity contribution < 1.29 is 18.7 Å². The van der Waals surface area contributed by atoms with Crippen LogP contribution >= 0.6 is 11.3 Å².